The molecule has 0 radical (unpaired) electrons. The van der Waals surface area contributed by atoms with Gasteiger partial charge in [0.05, 0.1) is 13.2 Å². The molecule has 0 saturated heterocycles. The maximum absolute atomic E-state index is 11.0. The SMILES string of the molecule is CO[Si](CCCOC(=O)C(O)CO)(OC)OC. The number of carbonyl (C=O) groups excluding carboxylic acids is 1. The Morgan fingerprint density at radius 1 is 1.24 bits per heavy atom. The van der Waals surface area contributed by atoms with Crippen molar-refractivity contribution in [3.63, 3.8) is 0 Å². The van der Waals surface area contributed by atoms with E-state index >= 15 is 0 Å². The molecule has 1 unspecified atom stereocenters. The normalized spacial score (nSPS) is 13.5. The van der Waals surface area contributed by atoms with Crippen molar-refractivity contribution < 1.29 is 33.0 Å². The van der Waals surface area contributed by atoms with Crippen molar-refractivity contribution >= 4 is 14.8 Å². The summed E-state index contributed by atoms with van der Waals surface area (Å²) in [6.07, 6.45) is -0.990. The number of aliphatic hydroxyl groups is 2. The van der Waals surface area contributed by atoms with Gasteiger partial charge < -0.3 is 28.2 Å². The van der Waals surface area contributed by atoms with E-state index in [9.17, 15) is 4.79 Å². The average Bonchev–Trinajstić information content (AvgIpc) is 2.38. The van der Waals surface area contributed by atoms with Crippen LogP contribution >= 0.6 is 0 Å². The van der Waals surface area contributed by atoms with E-state index in [1.54, 1.807) is 0 Å². The van der Waals surface area contributed by atoms with Crippen LogP contribution in [0.1, 0.15) is 6.42 Å². The van der Waals surface area contributed by atoms with E-state index in [4.69, 9.17) is 28.2 Å². The molecule has 0 aromatic rings. The smallest absolute Gasteiger partial charge is 0.464 e. The highest BCUT2D eigenvalue weighted by Crippen LogP contribution is 2.14. The van der Waals surface area contributed by atoms with Gasteiger partial charge >= 0.3 is 14.8 Å². The van der Waals surface area contributed by atoms with Crippen molar-refractivity contribution in [1.82, 2.24) is 0 Å². The number of esters is 1. The zero-order valence-corrected chi connectivity index (χ0v) is 11.3. The Kier molecular flexibility index (Phi) is 8.30. The maximum Gasteiger partial charge on any atom is 0.500 e. The van der Waals surface area contributed by atoms with Crippen LogP contribution in [0.5, 0.6) is 0 Å². The van der Waals surface area contributed by atoms with E-state index < -0.39 is 27.5 Å². The molecule has 0 aromatic heterocycles. The lowest BCUT2D eigenvalue weighted by Crippen LogP contribution is -2.42. The van der Waals surface area contributed by atoms with Gasteiger partial charge in [-0.15, -0.1) is 0 Å². The van der Waals surface area contributed by atoms with Crippen LogP contribution in [0, 0.1) is 0 Å². The number of aliphatic hydroxyl groups excluding tert-OH is 2. The minimum Gasteiger partial charge on any atom is -0.464 e. The molecular weight excluding hydrogens is 248 g/mol. The topological polar surface area (TPSA) is 94.5 Å². The number of hydrogen-bond acceptors (Lipinski definition) is 7. The highest BCUT2D eigenvalue weighted by molar-refractivity contribution is 6.60. The largest absolute Gasteiger partial charge is 0.500 e. The summed E-state index contributed by atoms with van der Waals surface area (Å²) in [6.45, 7) is -0.535. The fourth-order valence-electron chi connectivity index (χ4n) is 1.19. The van der Waals surface area contributed by atoms with Crippen LogP contribution in [0.25, 0.3) is 0 Å². The molecule has 0 aromatic carbocycles. The number of hydrogen-bond donors (Lipinski definition) is 2. The first kappa shape index (κ1) is 16.5. The third-order valence-corrected chi connectivity index (χ3v) is 5.08. The van der Waals surface area contributed by atoms with Gasteiger partial charge in [0.2, 0.25) is 0 Å². The molecule has 0 amide bonds. The van der Waals surface area contributed by atoms with E-state index in [1.165, 1.54) is 21.3 Å². The molecule has 0 aliphatic rings. The van der Waals surface area contributed by atoms with E-state index in [0.717, 1.165) is 0 Å². The van der Waals surface area contributed by atoms with Gasteiger partial charge in [-0.2, -0.15) is 0 Å². The molecule has 0 spiro atoms. The summed E-state index contributed by atoms with van der Waals surface area (Å²) in [5.74, 6) is -0.841. The van der Waals surface area contributed by atoms with Gasteiger partial charge in [-0.25, -0.2) is 4.79 Å². The van der Waals surface area contributed by atoms with E-state index in [2.05, 4.69) is 0 Å². The fourth-order valence-corrected chi connectivity index (χ4v) is 2.88. The van der Waals surface area contributed by atoms with Crippen molar-refractivity contribution in [3.8, 4) is 0 Å². The Bertz CT molecular complexity index is 211. The Labute approximate surface area is 102 Å². The molecule has 102 valence electrons. The summed E-state index contributed by atoms with van der Waals surface area (Å²) in [4.78, 5) is 11.0. The second kappa shape index (κ2) is 8.56. The molecule has 0 heterocycles. The Balaban J connectivity index is 3.87. The molecule has 0 aliphatic carbocycles. The van der Waals surface area contributed by atoms with E-state index in [1.807, 2.05) is 0 Å². The molecule has 0 fully saturated rings. The van der Waals surface area contributed by atoms with E-state index in [-0.39, 0.29) is 6.61 Å². The van der Waals surface area contributed by atoms with Gasteiger partial charge in [0.25, 0.3) is 0 Å². The van der Waals surface area contributed by atoms with Crippen LogP contribution in [0.15, 0.2) is 0 Å². The molecule has 1 atom stereocenters. The van der Waals surface area contributed by atoms with Gasteiger partial charge in [-0.05, 0) is 6.42 Å². The van der Waals surface area contributed by atoms with Crippen molar-refractivity contribution in [1.29, 1.82) is 0 Å². The lowest BCUT2D eigenvalue weighted by atomic mass is 10.4. The van der Waals surface area contributed by atoms with Gasteiger partial charge in [-0.3, -0.25) is 0 Å². The van der Waals surface area contributed by atoms with Crippen LogP contribution in [0.3, 0.4) is 0 Å². The summed E-state index contributed by atoms with van der Waals surface area (Å²) in [5, 5.41) is 17.4. The van der Waals surface area contributed by atoms with Crippen molar-refractivity contribution in [2.75, 3.05) is 34.5 Å². The van der Waals surface area contributed by atoms with Gasteiger partial charge in [0, 0.05) is 27.4 Å². The third kappa shape index (κ3) is 5.57. The number of ether oxygens (including phenoxy) is 1. The maximum atomic E-state index is 11.0. The summed E-state index contributed by atoms with van der Waals surface area (Å²) in [5.41, 5.74) is 0. The summed E-state index contributed by atoms with van der Waals surface area (Å²) in [7, 11) is 1.87. The fraction of sp³-hybridized carbons (Fsp3) is 0.889. The average molecular weight is 268 g/mol. The summed E-state index contributed by atoms with van der Waals surface area (Å²) >= 11 is 0. The van der Waals surface area contributed by atoms with Crippen LogP contribution in [-0.4, -0.2) is 65.6 Å². The quantitative estimate of drug-likeness (QED) is 0.319. The predicted molar refractivity (Wildman–Crippen MR) is 60.3 cm³/mol. The van der Waals surface area contributed by atoms with Crippen LogP contribution in [-0.2, 0) is 22.8 Å². The molecule has 0 rings (SSSR count). The summed E-state index contributed by atoms with van der Waals surface area (Å²) in [6, 6.07) is 0.499. The molecule has 8 heteroatoms. The zero-order valence-electron chi connectivity index (χ0n) is 10.3. The third-order valence-electron chi connectivity index (χ3n) is 2.25. The van der Waals surface area contributed by atoms with Crippen molar-refractivity contribution in [2.45, 2.75) is 18.6 Å². The Morgan fingerprint density at radius 3 is 2.18 bits per heavy atom. The molecule has 2 N–H and O–H groups in total. The minimum absolute atomic E-state index is 0.112. The second-order valence-corrected chi connectivity index (χ2v) is 6.36. The zero-order chi connectivity index (χ0) is 13.3. The summed E-state index contributed by atoms with van der Waals surface area (Å²) < 4.78 is 20.3. The van der Waals surface area contributed by atoms with Crippen molar-refractivity contribution in [2.24, 2.45) is 0 Å². The monoisotopic (exact) mass is 268 g/mol. The molecule has 0 saturated carbocycles. The first-order valence-electron chi connectivity index (χ1n) is 5.16. The molecule has 0 bridgehead atoms. The standard InChI is InChI=1S/C9H20O7Si/c1-13-17(14-2,15-3)6-4-5-16-9(12)8(11)7-10/h8,10-11H,4-7H2,1-3H3. The van der Waals surface area contributed by atoms with Crippen molar-refractivity contribution in [3.05, 3.63) is 0 Å². The molecular formula is C9H20O7Si. The number of rotatable bonds is 9. The van der Waals surface area contributed by atoms with Gasteiger partial charge in [0.1, 0.15) is 0 Å². The Morgan fingerprint density at radius 2 is 1.76 bits per heavy atom. The first-order valence-corrected chi connectivity index (χ1v) is 7.09. The van der Waals surface area contributed by atoms with Crippen LogP contribution < -0.4 is 0 Å². The first-order chi connectivity index (χ1) is 8.05. The minimum atomic E-state index is -2.63. The predicted octanol–water partition coefficient (Wildman–Crippen LogP) is -0.849. The van der Waals surface area contributed by atoms with Crippen LogP contribution in [0.2, 0.25) is 6.04 Å². The molecule has 0 aliphatic heterocycles. The van der Waals surface area contributed by atoms with Gasteiger partial charge in [-0.1, -0.05) is 0 Å². The van der Waals surface area contributed by atoms with Crippen LogP contribution in [0.4, 0.5) is 0 Å². The molecule has 7 nitrogen and oxygen atoms in total. The molecule has 17 heavy (non-hydrogen) atoms. The number of carbonyl (C=O) groups is 1. The Hall–Kier alpha value is -0.513. The second-order valence-electron chi connectivity index (χ2n) is 3.26. The highest BCUT2D eigenvalue weighted by Gasteiger charge is 2.37. The lowest BCUT2D eigenvalue weighted by molar-refractivity contribution is -0.155. The lowest BCUT2D eigenvalue weighted by Gasteiger charge is -2.24. The van der Waals surface area contributed by atoms with E-state index in [0.29, 0.717) is 12.5 Å². The van der Waals surface area contributed by atoms with Gasteiger partial charge in [0.15, 0.2) is 6.10 Å². The highest BCUT2D eigenvalue weighted by atomic mass is 28.4.